The molecular weight excluding hydrogens is 250 g/mol. The second-order valence-corrected chi connectivity index (χ2v) is 5.03. The quantitative estimate of drug-likeness (QED) is 0.926. The summed E-state index contributed by atoms with van der Waals surface area (Å²) in [6, 6.07) is 3.66. The number of aryl methyl sites for hydroxylation is 2. The third-order valence-corrected chi connectivity index (χ3v) is 3.55. The number of nitrogens with zero attached hydrogens (tertiary/aromatic N) is 3. The molecule has 0 amide bonds. The van der Waals surface area contributed by atoms with E-state index >= 15 is 0 Å². The number of halogens is 1. The number of aliphatic hydroxyl groups is 1. The van der Waals surface area contributed by atoms with Crippen LogP contribution in [0.1, 0.15) is 23.7 Å². The van der Waals surface area contributed by atoms with Crippen molar-refractivity contribution in [1.82, 2.24) is 14.8 Å². The Labute approximate surface area is 111 Å². The lowest BCUT2D eigenvalue weighted by molar-refractivity contribution is 0.0571. The number of rotatable bonds is 3. The highest BCUT2D eigenvalue weighted by Gasteiger charge is 2.27. The maximum Gasteiger partial charge on any atom is 0.130 e. The van der Waals surface area contributed by atoms with Crippen LogP contribution < -0.4 is 0 Å². The maximum absolute atomic E-state index is 10.6. The number of pyridine rings is 1. The summed E-state index contributed by atoms with van der Waals surface area (Å²) in [4.78, 5) is 4.03. The molecule has 0 saturated carbocycles. The van der Waals surface area contributed by atoms with E-state index in [9.17, 15) is 5.11 Å². The Kier molecular flexibility index (Phi) is 3.41. The van der Waals surface area contributed by atoms with Crippen molar-refractivity contribution < 1.29 is 5.11 Å². The van der Waals surface area contributed by atoms with Gasteiger partial charge >= 0.3 is 0 Å². The normalized spacial score (nSPS) is 14.5. The van der Waals surface area contributed by atoms with Crippen LogP contribution in [0.25, 0.3) is 0 Å². The SMILES string of the molecule is Cc1nn(C)c(Cl)c1CC(C)(O)c1cccnc1. The van der Waals surface area contributed by atoms with Gasteiger partial charge in [-0.3, -0.25) is 9.67 Å². The first-order chi connectivity index (χ1) is 8.42. The zero-order valence-electron chi connectivity index (χ0n) is 10.7. The predicted molar refractivity (Wildman–Crippen MR) is 70.5 cm³/mol. The first kappa shape index (κ1) is 13.1. The predicted octanol–water partition coefficient (Wildman–Crippen LogP) is 2.23. The second-order valence-electron chi connectivity index (χ2n) is 4.67. The van der Waals surface area contributed by atoms with Gasteiger partial charge in [0.2, 0.25) is 0 Å². The third-order valence-electron chi connectivity index (χ3n) is 3.07. The van der Waals surface area contributed by atoms with Gasteiger partial charge in [-0.25, -0.2) is 0 Å². The summed E-state index contributed by atoms with van der Waals surface area (Å²) in [6.45, 7) is 3.65. The van der Waals surface area contributed by atoms with Crippen LogP contribution >= 0.6 is 11.6 Å². The van der Waals surface area contributed by atoms with Gasteiger partial charge in [0.25, 0.3) is 0 Å². The average Bonchev–Trinajstić information content (AvgIpc) is 2.57. The van der Waals surface area contributed by atoms with E-state index in [1.165, 1.54) is 0 Å². The molecule has 0 fully saturated rings. The number of hydrogen-bond acceptors (Lipinski definition) is 3. The minimum Gasteiger partial charge on any atom is -0.385 e. The van der Waals surface area contributed by atoms with Gasteiger partial charge in [0, 0.05) is 37.0 Å². The molecule has 5 heteroatoms. The fourth-order valence-electron chi connectivity index (χ4n) is 2.00. The summed E-state index contributed by atoms with van der Waals surface area (Å²) in [5, 5.41) is 15.4. The molecule has 0 aliphatic carbocycles. The van der Waals surface area contributed by atoms with Gasteiger partial charge in [-0.2, -0.15) is 5.10 Å². The third kappa shape index (κ3) is 2.40. The van der Waals surface area contributed by atoms with E-state index in [0.29, 0.717) is 11.6 Å². The van der Waals surface area contributed by atoms with E-state index in [4.69, 9.17) is 11.6 Å². The van der Waals surface area contributed by atoms with Crippen molar-refractivity contribution in [3.05, 3.63) is 46.5 Å². The van der Waals surface area contributed by atoms with E-state index in [2.05, 4.69) is 10.1 Å². The van der Waals surface area contributed by atoms with Gasteiger partial charge in [-0.15, -0.1) is 0 Å². The molecule has 0 radical (unpaired) electrons. The molecule has 1 N–H and O–H groups in total. The summed E-state index contributed by atoms with van der Waals surface area (Å²) in [5.41, 5.74) is 1.47. The zero-order valence-corrected chi connectivity index (χ0v) is 11.4. The topological polar surface area (TPSA) is 50.9 Å². The van der Waals surface area contributed by atoms with Gasteiger partial charge in [-0.05, 0) is 19.9 Å². The lowest BCUT2D eigenvalue weighted by atomic mass is 9.90. The summed E-state index contributed by atoms with van der Waals surface area (Å²) < 4.78 is 1.62. The Bertz CT molecular complexity index is 549. The molecule has 1 unspecified atom stereocenters. The second kappa shape index (κ2) is 4.71. The molecule has 1 atom stereocenters. The molecule has 0 spiro atoms. The first-order valence-corrected chi connectivity index (χ1v) is 6.10. The molecule has 2 aromatic heterocycles. The molecule has 96 valence electrons. The Morgan fingerprint density at radius 1 is 1.50 bits per heavy atom. The van der Waals surface area contributed by atoms with Crippen LogP contribution in [0.4, 0.5) is 0 Å². The number of aromatic nitrogens is 3. The molecule has 2 aromatic rings. The Morgan fingerprint density at radius 2 is 2.22 bits per heavy atom. The van der Waals surface area contributed by atoms with Crippen molar-refractivity contribution in [3.8, 4) is 0 Å². The van der Waals surface area contributed by atoms with Gasteiger partial charge in [0.15, 0.2) is 0 Å². The largest absolute Gasteiger partial charge is 0.385 e. The molecule has 0 aliphatic heterocycles. The van der Waals surface area contributed by atoms with Crippen molar-refractivity contribution in [1.29, 1.82) is 0 Å². The highest BCUT2D eigenvalue weighted by molar-refractivity contribution is 6.30. The van der Waals surface area contributed by atoms with Gasteiger partial charge in [0.1, 0.15) is 5.15 Å². The average molecular weight is 266 g/mol. The maximum atomic E-state index is 10.6. The van der Waals surface area contributed by atoms with Crippen molar-refractivity contribution in [2.24, 2.45) is 7.05 Å². The molecule has 2 rings (SSSR count). The summed E-state index contributed by atoms with van der Waals surface area (Å²) in [7, 11) is 1.79. The van der Waals surface area contributed by atoms with E-state index in [1.54, 1.807) is 31.0 Å². The van der Waals surface area contributed by atoms with Crippen LogP contribution in [0.3, 0.4) is 0 Å². The first-order valence-electron chi connectivity index (χ1n) is 5.72. The van der Waals surface area contributed by atoms with E-state index in [-0.39, 0.29) is 0 Å². The molecule has 4 nitrogen and oxygen atoms in total. The highest BCUT2D eigenvalue weighted by atomic mass is 35.5. The van der Waals surface area contributed by atoms with Gasteiger partial charge < -0.3 is 5.11 Å². The standard InChI is InChI=1S/C13H16ClN3O/c1-9-11(12(14)17(3)16-9)7-13(2,18)10-5-4-6-15-8-10/h4-6,8,18H,7H2,1-3H3. The Balaban J connectivity index is 2.33. The molecular formula is C13H16ClN3O. The van der Waals surface area contributed by atoms with Crippen LogP contribution in [-0.2, 0) is 19.1 Å². The van der Waals surface area contributed by atoms with Gasteiger partial charge in [0.05, 0.1) is 11.3 Å². The Hall–Kier alpha value is -1.39. The monoisotopic (exact) mass is 265 g/mol. The summed E-state index contributed by atoms with van der Waals surface area (Å²) >= 11 is 6.18. The van der Waals surface area contributed by atoms with E-state index < -0.39 is 5.60 Å². The van der Waals surface area contributed by atoms with Crippen LogP contribution in [0.15, 0.2) is 24.5 Å². The van der Waals surface area contributed by atoms with Gasteiger partial charge in [-0.1, -0.05) is 17.7 Å². The van der Waals surface area contributed by atoms with Crippen LogP contribution in [0.2, 0.25) is 5.15 Å². The van der Waals surface area contributed by atoms with E-state index in [1.807, 2.05) is 19.1 Å². The fraction of sp³-hybridized carbons (Fsp3) is 0.385. The van der Waals surface area contributed by atoms with Crippen LogP contribution in [0, 0.1) is 6.92 Å². The van der Waals surface area contributed by atoms with Crippen molar-refractivity contribution in [2.75, 3.05) is 0 Å². The van der Waals surface area contributed by atoms with E-state index in [0.717, 1.165) is 16.8 Å². The van der Waals surface area contributed by atoms with Crippen LogP contribution in [0.5, 0.6) is 0 Å². The van der Waals surface area contributed by atoms with Crippen molar-refractivity contribution in [2.45, 2.75) is 25.9 Å². The highest BCUT2D eigenvalue weighted by Crippen LogP contribution is 2.29. The lowest BCUT2D eigenvalue weighted by Gasteiger charge is -2.23. The molecule has 0 saturated heterocycles. The molecule has 0 aliphatic rings. The fourth-order valence-corrected chi connectivity index (χ4v) is 2.24. The molecule has 18 heavy (non-hydrogen) atoms. The Morgan fingerprint density at radius 3 is 2.72 bits per heavy atom. The zero-order chi connectivity index (χ0) is 13.3. The molecule has 0 bridgehead atoms. The minimum atomic E-state index is -1.01. The minimum absolute atomic E-state index is 0.414. The summed E-state index contributed by atoms with van der Waals surface area (Å²) in [6.07, 6.45) is 3.76. The smallest absolute Gasteiger partial charge is 0.130 e. The number of hydrogen-bond donors (Lipinski definition) is 1. The van der Waals surface area contributed by atoms with Crippen molar-refractivity contribution in [3.63, 3.8) is 0 Å². The van der Waals surface area contributed by atoms with Crippen LogP contribution in [-0.4, -0.2) is 19.9 Å². The molecule has 2 heterocycles. The summed E-state index contributed by atoms with van der Waals surface area (Å²) in [5.74, 6) is 0. The molecule has 0 aromatic carbocycles. The lowest BCUT2D eigenvalue weighted by Crippen LogP contribution is -2.24. The van der Waals surface area contributed by atoms with Crippen molar-refractivity contribution >= 4 is 11.6 Å².